The van der Waals surface area contributed by atoms with E-state index in [0.29, 0.717) is 18.8 Å². The molecule has 2 fully saturated rings. The summed E-state index contributed by atoms with van der Waals surface area (Å²) in [5.41, 5.74) is -0.504. The largest absolute Gasteiger partial charge is 0.322 e. The summed E-state index contributed by atoms with van der Waals surface area (Å²) in [4.78, 5) is 14.8. The topological polar surface area (TPSA) is 66.5 Å². The van der Waals surface area contributed by atoms with Gasteiger partial charge in [-0.2, -0.15) is 0 Å². The molecule has 21 heavy (non-hydrogen) atoms. The molecule has 0 aromatic rings. The van der Waals surface area contributed by atoms with Gasteiger partial charge in [-0.25, -0.2) is 8.42 Å². The maximum Gasteiger partial charge on any atom is 0.244 e. The standard InChI is InChI=1S/C15H28N2O3S/c1-5-15(4)14(18)17(13(16-15)10-11(2)3)12-6-8-21(19,20)9-7-12/h11-13,16H,5-10H2,1-4H3. The maximum atomic E-state index is 12.8. The lowest BCUT2D eigenvalue weighted by molar-refractivity contribution is -0.135. The molecule has 6 heteroatoms. The zero-order chi connectivity index (χ0) is 15.8. The normalized spacial score (nSPS) is 33.9. The van der Waals surface area contributed by atoms with Crippen LogP contribution in [0, 0.1) is 5.92 Å². The highest BCUT2D eigenvalue weighted by Gasteiger charge is 2.49. The van der Waals surface area contributed by atoms with Crippen LogP contribution in [0.25, 0.3) is 0 Å². The lowest BCUT2D eigenvalue weighted by Gasteiger charge is -2.35. The van der Waals surface area contributed by atoms with Crippen LogP contribution in [0.4, 0.5) is 0 Å². The molecule has 0 radical (unpaired) electrons. The van der Waals surface area contributed by atoms with Crippen LogP contribution >= 0.6 is 0 Å². The third-order valence-electron chi connectivity index (χ3n) is 4.85. The van der Waals surface area contributed by atoms with Gasteiger partial charge in [0.05, 0.1) is 23.2 Å². The SMILES string of the molecule is CCC1(C)NC(CC(C)C)N(C2CCS(=O)(=O)CC2)C1=O. The zero-order valence-corrected chi connectivity index (χ0v) is 14.4. The van der Waals surface area contributed by atoms with Gasteiger partial charge in [-0.15, -0.1) is 0 Å². The van der Waals surface area contributed by atoms with Crippen molar-refractivity contribution in [1.82, 2.24) is 10.2 Å². The van der Waals surface area contributed by atoms with Gasteiger partial charge in [-0.1, -0.05) is 20.8 Å². The summed E-state index contributed by atoms with van der Waals surface area (Å²) in [6, 6.07) is 0.0608. The van der Waals surface area contributed by atoms with Crippen molar-refractivity contribution in [2.24, 2.45) is 5.92 Å². The van der Waals surface area contributed by atoms with Crippen LogP contribution in [-0.2, 0) is 14.6 Å². The molecule has 0 spiro atoms. The minimum absolute atomic E-state index is 0.0354. The predicted octanol–water partition coefficient (Wildman–Crippen LogP) is 1.54. The number of rotatable bonds is 4. The molecule has 2 heterocycles. The minimum Gasteiger partial charge on any atom is -0.322 e. The third-order valence-corrected chi connectivity index (χ3v) is 6.56. The summed E-state index contributed by atoms with van der Waals surface area (Å²) >= 11 is 0. The van der Waals surface area contributed by atoms with Crippen molar-refractivity contribution in [2.45, 2.75) is 71.1 Å². The molecule has 0 aliphatic carbocycles. The number of sulfone groups is 1. The highest BCUT2D eigenvalue weighted by molar-refractivity contribution is 7.91. The van der Waals surface area contributed by atoms with Gasteiger partial charge in [-0.3, -0.25) is 10.1 Å². The Morgan fingerprint density at radius 1 is 1.33 bits per heavy atom. The lowest BCUT2D eigenvalue weighted by atomic mass is 9.98. The first-order chi connectivity index (χ1) is 9.68. The summed E-state index contributed by atoms with van der Waals surface area (Å²) in [5.74, 6) is 1.04. The van der Waals surface area contributed by atoms with Crippen molar-refractivity contribution in [2.75, 3.05) is 11.5 Å². The van der Waals surface area contributed by atoms with Crippen LogP contribution in [-0.4, -0.2) is 48.5 Å². The van der Waals surface area contributed by atoms with E-state index in [1.807, 2.05) is 18.7 Å². The van der Waals surface area contributed by atoms with Gasteiger partial charge >= 0.3 is 0 Å². The lowest BCUT2D eigenvalue weighted by Crippen LogP contribution is -2.48. The second-order valence-corrected chi connectivity index (χ2v) is 9.37. The van der Waals surface area contributed by atoms with Crippen LogP contribution in [0.15, 0.2) is 0 Å². The van der Waals surface area contributed by atoms with E-state index in [0.717, 1.165) is 12.8 Å². The van der Waals surface area contributed by atoms with Gasteiger partial charge in [0.15, 0.2) is 0 Å². The Kier molecular flexibility index (Phi) is 4.69. The zero-order valence-electron chi connectivity index (χ0n) is 13.6. The fraction of sp³-hybridized carbons (Fsp3) is 0.933. The average molecular weight is 316 g/mol. The molecule has 0 aromatic heterocycles. The minimum atomic E-state index is -2.90. The fourth-order valence-corrected chi connectivity index (χ4v) is 4.84. The molecule has 2 rings (SSSR count). The predicted molar refractivity (Wildman–Crippen MR) is 83.6 cm³/mol. The van der Waals surface area contributed by atoms with Crippen molar-refractivity contribution in [3.05, 3.63) is 0 Å². The molecule has 2 saturated heterocycles. The number of carbonyl (C=O) groups is 1. The molecular weight excluding hydrogens is 288 g/mol. The Balaban J connectivity index is 2.19. The van der Waals surface area contributed by atoms with E-state index >= 15 is 0 Å². The number of carbonyl (C=O) groups excluding carboxylic acids is 1. The second-order valence-electron chi connectivity index (χ2n) is 7.07. The Hall–Kier alpha value is -0.620. The van der Waals surface area contributed by atoms with Crippen LogP contribution in [0.3, 0.4) is 0 Å². The number of hydrogen-bond acceptors (Lipinski definition) is 4. The molecule has 0 aromatic carbocycles. The quantitative estimate of drug-likeness (QED) is 0.854. The number of nitrogens with zero attached hydrogens (tertiary/aromatic N) is 1. The summed E-state index contributed by atoms with van der Waals surface area (Å²) in [6.07, 6.45) is 2.84. The molecule has 0 bridgehead atoms. The third kappa shape index (κ3) is 3.42. The number of nitrogens with one attached hydrogen (secondary N) is 1. The fourth-order valence-electron chi connectivity index (χ4n) is 3.37. The van der Waals surface area contributed by atoms with E-state index in [-0.39, 0.29) is 29.6 Å². The van der Waals surface area contributed by atoms with E-state index < -0.39 is 15.4 Å². The van der Waals surface area contributed by atoms with E-state index in [1.54, 1.807) is 0 Å². The van der Waals surface area contributed by atoms with Crippen molar-refractivity contribution in [1.29, 1.82) is 0 Å². The highest BCUT2D eigenvalue weighted by atomic mass is 32.2. The molecule has 2 aliphatic heterocycles. The van der Waals surface area contributed by atoms with Gasteiger partial charge in [0.25, 0.3) is 0 Å². The van der Waals surface area contributed by atoms with Gasteiger partial charge < -0.3 is 4.90 Å². The van der Waals surface area contributed by atoms with E-state index in [1.165, 1.54) is 0 Å². The van der Waals surface area contributed by atoms with E-state index in [4.69, 9.17) is 0 Å². The van der Waals surface area contributed by atoms with Crippen LogP contribution in [0.2, 0.25) is 0 Å². The van der Waals surface area contributed by atoms with E-state index in [9.17, 15) is 13.2 Å². The first-order valence-corrected chi connectivity index (χ1v) is 9.81. The van der Waals surface area contributed by atoms with Crippen LogP contribution in [0.1, 0.15) is 53.4 Å². The molecule has 1 N–H and O–H groups in total. The summed E-state index contributed by atoms with van der Waals surface area (Å²) in [6.45, 7) is 8.28. The Morgan fingerprint density at radius 3 is 2.38 bits per heavy atom. The van der Waals surface area contributed by atoms with Crippen molar-refractivity contribution in [3.8, 4) is 0 Å². The van der Waals surface area contributed by atoms with Gasteiger partial charge in [0, 0.05) is 6.04 Å². The van der Waals surface area contributed by atoms with Gasteiger partial charge in [0.2, 0.25) is 5.91 Å². The number of amides is 1. The smallest absolute Gasteiger partial charge is 0.244 e. The molecule has 0 saturated carbocycles. The Morgan fingerprint density at radius 2 is 1.90 bits per heavy atom. The molecule has 122 valence electrons. The summed E-state index contributed by atoms with van der Waals surface area (Å²) in [7, 11) is -2.90. The summed E-state index contributed by atoms with van der Waals surface area (Å²) in [5, 5.41) is 3.49. The first-order valence-electron chi connectivity index (χ1n) is 7.99. The molecule has 5 nitrogen and oxygen atoms in total. The summed E-state index contributed by atoms with van der Waals surface area (Å²) < 4.78 is 23.2. The molecule has 2 aliphatic rings. The number of hydrogen-bond donors (Lipinski definition) is 1. The maximum absolute atomic E-state index is 12.8. The first kappa shape index (κ1) is 16.7. The Bertz CT molecular complexity index is 489. The van der Waals surface area contributed by atoms with Crippen LogP contribution < -0.4 is 5.32 Å². The molecular formula is C15H28N2O3S. The second kappa shape index (κ2) is 5.88. The highest BCUT2D eigenvalue weighted by Crippen LogP contribution is 2.32. The monoisotopic (exact) mass is 316 g/mol. The van der Waals surface area contributed by atoms with Crippen molar-refractivity contribution >= 4 is 15.7 Å². The van der Waals surface area contributed by atoms with Gasteiger partial charge in [-0.05, 0) is 38.5 Å². The van der Waals surface area contributed by atoms with Crippen molar-refractivity contribution in [3.63, 3.8) is 0 Å². The van der Waals surface area contributed by atoms with Crippen molar-refractivity contribution < 1.29 is 13.2 Å². The molecule has 2 atom stereocenters. The Labute approximate surface area is 128 Å². The van der Waals surface area contributed by atoms with Gasteiger partial charge in [0.1, 0.15) is 9.84 Å². The molecule has 2 unspecified atom stereocenters. The average Bonchev–Trinajstić information content (AvgIpc) is 2.62. The van der Waals surface area contributed by atoms with E-state index in [2.05, 4.69) is 19.2 Å². The molecule has 1 amide bonds. The van der Waals surface area contributed by atoms with Crippen LogP contribution in [0.5, 0.6) is 0 Å².